The van der Waals surface area contributed by atoms with E-state index in [9.17, 15) is 4.79 Å². The summed E-state index contributed by atoms with van der Waals surface area (Å²) >= 11 is 0. The van der Waals surface area contributed by atoms with Gasteiger partial charge in [0.2, 0.25) is 0 Å². The van der Waals surface area contributed by atoms with Crippen LogP contribution in [0.3, 0.4) is 0 Å². The number of rotatable bonds is 1. The van der Waals surface area contributed by atoms with Crippen LogP contribution in [-0.2, 0) is 0 Å². The molecule has 0 unspecified atom stereocenters. The lowest BCUT2D eigenvalue weighted by molar-refractivity contribution is 0.112. The van der Waals surface area contributed by atoms with Gasteiger partial charge >= 0.3 is 0 Å². The van der Waals surface area contributed by atoms with Gasteiger partial charge in [-0.25, -0.2) is 0 Å². The number of aromatic nitrogens is 1. The van der Waals surface area contributed by atoms with Crippen LogP contribution in [-0.4, -0.2) is 10.7 Å². The normalized spacial score (nSPS) is 10.9. The zero-order valence-electron chi connectivity index (χ0n) is 8.05. The van der Waals surface area contributed by atoms with Crippen molar-refractivity contribution >= 4 is 22.6 Å². The molecule has 0 aliphatic rings. The van der Waals surface area contributed by atoms with Crippen molar-refractivity contribution in [3.63, 3.8) is 0 Å². The highest BCUT2D eigenvalue weighted by Gasteiger charge is 2.08. The van der Waals surface area contributed by atoms with E-state index >= 15 is 0 Å². The molecule has 2 aromatic heterocycles. The van der Waals surface area contributed by atoms with Crippen molar-refractivity contribution in [2.45, 2.75) is 0 Å². The SMILES string of the molecule is O=Cc1c2ccccc2c2ccccn12. The maximum Gasteiger partial charge on any atom is 0.167 e. The number of carbonyl (C=O) groups is 1. The molecule has 0 bridgehead atoms. The number of aldehydes is 1. The van der Waals surface area contributed by atoms with Gasteiger partial charge in [-0.1, -0.05) is 30.3 Å². The fourth-order valence-electron chi connectivity index (χ4n) is 2.05. The maximum absolute atomic E-state index is 11.1. The predicted molar refractivity (Wildman–Crippen MR) is 60.3 cm³/mol. The predicted octanol–water partition coefficient (Wildman–Crippen LogP) is 2.91. The van der Waals surface area contributed by atoms with Gasteiger partial charge in [-0.2, -0.15) is 0 Å². The van der Waals surface area contributed by atoms with E-state index in [2.05, 4.69) is 0 Å². The van der Waals surface area contributed by atoms with Gasteiger partial charge in [-0.05, 0) is 12.1 Å². The molecule has 0 fully saturated rings. The van der Waals surface area contributed by atoms with Gasteiger partial charge in [0.05, 0.1) is 11.2 Å². The van der Waals surface area contributed by atoms with E-state index in [1.54, 1.807) is 0 Å². The molecule has 0 radical (unpaired) electrons. The number of benzene rings is 1. The zero-order chi connectivity index (χ0) is 10.3. The molecule has 0 N–H and O–H groups in total. The monoisotopic (exact) mass is 195 g/mol. The van der Waals surface area contributed by atoms with E-state index in [0.29, 0.717) is 0 Å². The van der Waals surface area contributed by atoms with E-state index in [-0.39, 0.29) is 0 Å². The minimum atomic E-state index is 0.723. The molecule has 15 heavy (non-hydrogen) atoms. The van der Waals surface area contributed by atoms with Crippen LogP contribution in [0.25, 0.3) is 16.3 Å². The highest BCUT2D eigenvalue weighted by Crippen LogP contribution is 2.25. The molecule has 0 aliphatic heterocycles. The van der Waals surface area contributed by atoms with Gasteiger partial charge in [0.15, 0.2) is 6.29 Å². The summed E-state index contributed by atoms with van der Waals surface area (Å²) in [5, 5.41) is 2.14. The van der Waals surface area contributed by atoms with Gasteiger partial charge in [0.1, 0.15) is 0 Å². The van der Waals surface area contributed by atoms with Crippen LogP contribution < -0.4 is 0 Å². The average Bonchev–Trinajstić information content (AvgIpc) is 2.63. The lowest BCUT2D eigenvalue weighted by Crippen LogP contribution is -1.88. The molecule has 0 spiro atoms. The Kier molecular flexibility index (Phi) is 1.62. The number of pyridine rings is 1. The molecule has 0 atom stereocenters. The first kappa shape index (κ1) is 8.24. The number of nitrogens with zero attached hydrogens (tertiary/aromatic N) is 1. The molecule has 2 nitrogen and oxygen atoms in total. The Morgan fingerprint density at radius 1 is 0.933 bits per heavy atom. The summed E-state index contributed by atoms with van der Waals surface area (Å²) in [6.45, 7) is 0. The molecule has 2 heterocycles. The molecular weight excluding hydrogens is 186 g/mol. The van der Waals surface area contributed by atoms with Crippen LogP contribution in [0.4, 0.5) is 0 Å². The molecule has 2 heteroatoms. The first-order valence-electron chi connectivity index (χ1n) is 4.85. The van der Waals surface area contributed by atoms with Crippen molar-refractivity contribution in [1.82, 2.24) is 4.40 Å². The molecule has 0 saturated carbocycles. The Hall–Kier alpha value is -2.09. The van der Waals surface area contributed by atoms with Gasteiger partial charge < -0.3 is 4.40 Å². The summed E-state index contributed by atoms with van der Waals surface area (Å²) in [7, 11) is 0. The van der Waals surface area contributed by atoms with Crippen molar-refractivity contribution < 1.29 is 4.79 Å². The lowest BCUT2D eigenvalue weighted by Gasteiger charge is -1.94. The lowest BCUT2D eigenvalue weighted by atomic mass is 10.2. The van der Waals surface area contributed by atoms with Crippen LogP contribution >= 0.6 is 0 Å². The third kappa shape index (κ3) is 1.02. The third-order valence-electron chi connectivity index (χ3n) is 2.71. The van der Waals surface area contributed by atoms with Crippen LogP contribution in [0.2, 0.25) is 0 Å². The van der Waals surface area contributed by atoms with Gasteiger partial charge in [-0.15, -0.1) is 0 Å². The summed E-state index contributed by atoms with van der Waals surface area (Å²) in [5.74, 6) is 0. The summed E-state index contributed by atoms with van der Waals surface area (Å²) in [4.78, 5) is 11.1. The minimum absolute atomic E-state index is 0.723. The summed E-state index contributed by atoms with van der Waals surface area (Å²) in [5.41, 5.74) is 1.80. The van der Waals surface area contributed by atoms with Crippen molar-refractivity contribution in [3.8, 4) is 0 Å². The Balaban J connectivity index is 2.68. The molecule has 0 aliphatic carbocycles. The van der Waals surface area contributed by atoms with Gasteiger partial charge in [0.25, 0.3) is 0 Å². The van der Waals surface area contributed by atoms with E-state index in [0.717, 1.165) is 28.3 Å². The maximum atomic E-state index is 11.1. The van der Waals surface area contributed by atoms with Crippen LogP contribution in [0, 0.1) is 0 Å². The number of hydrogen-bond donors (Lipinski definition) is 0. The Bertz CT molecular complexity index is 598. The summed E-state index contributed by atoms with van der Waals surface area (Å²) < 4.78 is 1.93. The van der Waals surface area contributed by atoms with Crippen LogP contribution in [0.1, 0.15) is 10.5 Å². The molecule has 0 amide bonds. The molecule has 3 rings (SSSR count). The highest BCUT2D eigenvalue weighted by atomic mass is 16.1. The van der Waals surface area contributed by atoms with Crippen LogP contribution in [0.15, 0.2) is 48.7 Å². The molecule has 1 aromatic carbocycles. The Morgan fingerprint density at radius 3 is 2.47 bits per heavy atom. The van der Waals surface area contributed by atoms with E-state index in [4.69, 9.17) is 0 Å². The topological polar surface area (TPSA) is 21.5 Å². The quantitative estimate of drug-likeness (QED) is 0.547. The largest absolute Gasteiger partial charge is 0.313 e. The molecule has 0 saturated heterocycles. The zero-order valence-corrected chi connectivity index (χ0v) is 8.05. The number of hydrogen-bond acceptors (Lipinski definition) is 1. The van der Waals surface area contributed by atoms with Gasteiger partial charge in [0, 0.05) is 17.0 Å². The fraction of sp³-hybridized carbons (Fsp3) is 0. The molecule has 3 aromatic rings. The molecule has 72 valence electrons. The average molecular weight is 195 g/mol. The first-order valence-corrected chi connectivity index (χ1v) is 4.85. The first-order chi connectivity index (χ1) is 7.42. The van der Waals surface area contributed by atoms with Crippen LogP contribution in [0.5, 0.6) is 0 Å². The van der Waals surface area contributed by atoms with Crippen molar-refractivity contribution in [3.05, 3.63) is 54.4 Å². The number of fused-ring (bicyclic) bond motifs is 3. The molecular formula is C13H9NO. The minimum Gasteiger partial charge on any atom is -0.313 e. The van der Waals surface area contributed by atoms with E-state index in [1.807, 2.05) is 53.1 Å². The van der Waals surface area contributed by atoms with Crippen molar-refractivity contribution in [1.29, 1.82) is 0 Å². The Labute approximate surface area is 86.8 Å². The van der Waals surface area contributed by atoms with Crippen molar-refractivity contribution in [2.75, 3.05) is 0 Å². The Morgan fingerprint density at radius 2 is 1.67 bits per heavy atom. The standard InChI is InChI=1S/C13H9NO/c15-9-13-11-6-2-1-5-10(11)12-7-3-4-8-14(12)13/h1-9H. The fourth-order valence-corrected chi connectivity index (χ4v) is 2.05. The van der Waals surface area contributed by atoms with Crippen molar-refractivity contribution in [2.24, 2.45) is 0 Å². The second-order valence-corrected chi connectivity index (χ2v) is 3.50. The number of carbonyl (C=O) groups excluding carboxylic acids is 1. The van der Waals surface area contributed by atoms with Gasteiger partial charge in [-0.3, -0.25) is 4.79 Å². The second kappa shape index (κ2) is 2.95. The summed E-state index contributed by atoms with van der Waals surface area (Å²) in [6, 6.07) is 13.9. The van der Waals surface area contributed by atoms with E-state index in [1.165, 1.54) is 0 Å². The summed E-state index contributed by atoms with van der Waals surface area (Å²) in [6.07, 6.45) is 2.83. The van der Waals surface area contributed by atoms with E-state index < -0.39 is 0 Å². The highest BCUT2D eigenvalue weighted by molar-refractivity contribution is 6.06. The smallest absolute Gasteiger partial charge is 0.167 e. The second-order valence-electron chi connectivity index (χ2n) is 3.50. The third-order valence-corrected chi connectivity index (χ3v) is 2.71.